The van der Waals surface area contributed by atoms with Gasteiger partial charge in [-0.2, -0.15) is 0 Å². The van der Waals surface area contributed by atoms with Crippen molar-refractivity contribution in [1.82, 2.24) is 10.2 Å². The molecule has 1 unspecified atom stereocenters. The highest BCUT2D eigenvalue weighted by molar-refractivity contribution is 7.99. The molecule has 0 aromatic rings. The molecule has 1 aliphatic rings. The first kappa shape index (κ1) is 10.7. The summed E-state index contributed by atoms with van der Waals surface area (Å²) in [6, 6.07) is 0. The molecule has 1 heterocycles. The summed E-state index contributed by atoms with van der Waals surface area (Å²) in [7, 11) is 0. The molecule has 13 heavy (non-hydrogen) atoms. The van der Waals surface area contributed by atoms with Gasteiger partial charge in [-0.15, -0.1) is 11.8 Å². The SMILES string of the molecule is CCOC(=O)N1CCCNC1SC. The van der Waals surface area contributed by atoms with Crippen LogP contribution < -0.4 is 5.32 Å². The van der Waals surface area contributed by atoms with Crippen molar-refractivity contribution in [2.45, 2.75) is 18.8 Å². The van der Waals surface area contributed by atoms with Crippen molar-refractivity contribution in [3.63, 3.8) is 0 Å². The number of carbonyl (C=O) groups is 1. The third kappa shape index (κ3) is 2.77. The van der Waals surface area contributed by atoms with E-state index in [0.717, 1.165) is 19.5 Å². The van der Waals surface area contributed by atoms with Gasteiger partial charge in [0.15, 0.2) is 0 Å². The summed E-state index contributed by atoms with van der Waals surface area (Å²) >= 11 is 1.62. The highest BCUT2D eigenvalue weighted by atomic mass is 32.2. The second-order valence-corrected chi connectivity index (χ2v) is 3.71. The number of rotatable bonds is 2. The maximum atomic E-state index is 11.4. The minimum Gasteiger partial charge on any atom is -0.450 e. The van der Waals surface area contributed by atoms with Crippen molar-refractivity contribution in [2.75, 3.05) is 26.0 Å². The van der Waals surface area contributed by atoms with Crippen LogP contribution in [0.5, 0.6) is 0 Å². The van der Waals surface area contributed by atoms with Crippen molar-refractivity contribution in [2.24, 2.45) is 0 Å². The zero-order chi connectivity index (χ0) is 9.68. The molecular weight excluding hydrogens is 188 g/mol. The Bertz CT molecular complexity index is 178. The zero-order valence-corrected chi connectivity index (χ0v) is 8.89. The van der Waals surface area contributed by atoms with Crippen LogP contribution in [0.3, 0.4) is 0 Å². The molecule has 1 saturated heterocycles. The molecule has 76 valence electrons. The fourth-order valence-electron chi connectivity index (χ4n) is 1.31. The fraction of sp³-hybridized carbons (Fsp3) is 0.875. The zero-order valence-electron chi connectivity index (χ0n) is 8.08. The summed E-state index contributed by atoms with van der Waals surface area (Å²) in [5.41, 5.74) is 0.0767. The van der Waals surface area contributed by atoms with E-state index >= 15 is 0 Å². The molecule has 0 aromatic carbocycles. The molecule has 1 N–H and O–H groups in total. The maximum Gasteiger partial charge on any atom is 0.411 e. The monoisotopic (exact) mass is 204 g/mol. The molecule has 0 aliphatic carbocycles. The summed E-state index contributed by atoms with van der Waals surface area (Å²) < 4.78 is 4.95. The van der Waals surface area contributed by atoms with Crippen LogP contribution in [0.4, 0.5) is 4.79 Å². The first-order valence-corrected chi connectivity index (χ1v) is 5.78. The number of nitrogens with zero attached hydrogens (tertiary/aromatic N) is 1. The largest absolute Gasteiger partial charge is 0.450 e. The number of amides is 1. The topological polar surface area (TPSA) is 41.6 Å². The van der Waals surface area contributed by atoms with E-state index in [1.807, 2.05) is 13.2 Å². The lowest BCUT2D eigenvalue weighted by atomic mass is 10.3. The highest BCUT2D eigenvalue weighted by Crippen LogP contribution is 2.14. The third-order valence-electron chi connectivity index (χ3n) is 1.90. The van der Waals surface area contributed by atoms with E-state index in [1.165, 1.54) is 0 Å². The first-order chi connectivity index (χ1) is 6.29. The van der Waals surface area contributed by atoms with E-state index < -0.39 is 0 Å². The van der Waals surface area contributed by atoms with Gasteiger partial charge in [0.25, 0.3) is 0 Å². The Morgan fingerprint density at radius 3 is 3.15 bits per heavy atom. The molecule has 1 amide bonds. The van der Waals surface area contributed by atoms with Crippen LogP contribution in [0.1, 0.15) is 13.3 Å². The minimum atomic E-state index is -0.214. The van der Waals surface area contributed by atoms with E-state index in [9.17, 15) is 4.79 Å². The van der Waals surface area contributed by atoms with Gasteiger partial charge < -0.3 is 4.74 Å². The number of hydrogen-bond acceptors (Lipinski definition) is 4. The number of ether oxygens (including phenoxy) is 1. The Hall–Kier alpha value is -0.420. The lowest BCUT2D eigenvalue weighted by Crippen LogP contribution is -2.52. The normalized spacial score (nSPS) is 22.9. The van der Waals surface area contributed by atoms with Gasteiger partial charge in [0.2, 0.25) is 0 Å². The standard InChI is InChI=1S/C8H16N2O2S/c1-3-12-8(11)10-6-4-5-9-7(10)13-2/h7,9H,3-6H2,1-2H3. The van der Waals surface area contributed by atoms with Gasteiger partial charge in [-0.1, -0.05) is 0 Å². The summed E-state index contributed by atoms with van der Waals surface area (Å²) in [6.07, 6.45) is 2.76. The van der Waals surface area contributed by atoms with Crippen molar-refractivity contribution >= 4 is 17.9 Å². The van der Waals surface area contributed by atoms with Crippen LogP contribution in [0, 0.1) is 0 Å². The van der Waals surface area contributed by atoms with E-state index in [1.54, 1.807) is 16.7 Å². The Labute approximate surface area is 83.0 Å². The predicted octanol–water partition coefficient (Wildman–Crippen LogP) is 1.08. The minimum absolute atomic E-state index is 0.0767. The van der Waals surface area contributed by atoms with Crippen LogP contribution in [0.15, 0.2) is 0 Å². The molecule has 0 bridgehead atoms. The molecule has 1 rings (SSSR count). The second-order valence-electron chi connectivity index (χ2n) is 2.79. The molecule has 0 aromatic heterocycles. The Balaban J connectivity index is 2.48. The number of carbonyl (C=O) groups excluding carboxylic acids is 1. The lowest BCUT2D eigenvalue weighted by molar-refractivity contribution is 0.0907. The molecule has 0 saturated carbocycles. The summed E-state index contributed by atoms with van der Waals surface area (Å²) in [4.78, 5) is 13.2. The van der Waals surface area contributed by atoms with Gasteiger partial charge >= 0.3 is 6.09 Å². The molecule has 0 spiro atoms. The molecule has 1 aliphatic heterocycles. The van der Waals surface area contributed by atoms with Gasteiger partial charge in [-0.25, -0.2) is 4.79 Å². The molecule has 1 fully saturated rings. The van der Waals surface area contributed by atoms with E-state index in [-0.39, 0.29) is 11.6 Å². The van der Waals surface area contributed by atoms with Gasteiger partial charge in [0.05, 0.1) is 6.61 Å². The summed E-state index contributed by atoms with van der Waals surface area (Å²) in [5, 5.41) is 3.25. The average Bonchev–Trinajstić information content (AvgIpc) is 2.18. The first-order valence-electron chi connectivity index (χ1n) is 4.49. The maximum absolute atomic E-state index is 11.4. The smallest absolute Gasteiger partial charge is 0.411 e. The summed E-state index contributed by atoms with van der Waals surface area (Å²) in [6.45, 7) is 4.03. The highest BCUT2D eigenvalue weighted by Gasteiger charge is 2.26. The van der Waals surface area contributed by atoms with Gasteiger partial charge in [0.1, 0.15) is 5.50 Å². The van der Waals surface area contributed by atoms with Crippen LogP contribution >= 0.6 is 11.8 Å². The van der Waals surface area contributed by atoms with E-state index in [4.69, 9.17) is 4.74 Å². The van der Waals surface area contributed by atoms with Crippen molar-refractivity contribution in [1.29, 1.82) is 0 Å². The Kier molecular flexibility index (Phi) is 4.38. The van der Waals surface area contributed by atoms with Gasteiger partial charge in [0, 0.05) is 6.54 Å². The fourth-order valence-corrected chi connectivity index (χ4v) is 2.04. The molecule has 5 heteroatoms. The lowest BCUT2D eigenvalue weighted by Gasteiger charge is -2.34. The Morgan fingerprint density at radius 2 is 2.54 bits per heavy atom. The predicted molar refractivity (Wildman–Crippen MR) is 53.7 cm³/mol. The molecule has 0 radical (unpaired) electrons. The van der Waals surface area contributed by atoms with Crippen molar-refractivity contribution in [3.8, 4) is 0 Å². The van der Waals surface area contributed by atoms with Crippen LogP contribution in [0.2, 0.25) is 0 Å². The number of hydrogen-bond donors (Lipinski definition) is 1. The average molecular weight is 204 g/mol. The quantitative estimate of drug-likeness (QED) is 0.731. The van der Waals surface area contributed by atoms with Crippen molar-refractivity contribution in [3.05, 3.63) is 0 Å². The van der Waals surface area contributed by atoms with Gasteiger partial charge in [-0.3, -0.25) is 10.2 Å². The Morgan fingerprint density at radius 1 is 1.77 bits per heavy atom. The number of thioether (sulfide) groups is 1. The summed E-state index contributed by atoms with van der Waals surface area (Å²) in [5.74, 6) is 0. The van der Waals surface area contributed by atoms with Crippen LogP contribution in [0.25, 0.3) is 0 Å². The van der Waals surface area contributed by atoms with Crippen LogP contribution in [-0.2, 0) is 4.74 Å². The van der Waals surface area contributed by atoms with Gasteiger partial charge in [-0.05, 0) is 26.1 Å². The van der Waals surface area contributed by atoms with E-state index in [2.05, 4.69) is 5.32 Å². The third-order valence-corrected chi connectivity index (χ3v) is 2.77. The van der Waals surface area contributed by atoms with Crippen molar-refractivity contribution < 1.29 is 9.53 Å². The molecule has 1 atom stereocenters. The molecule has 4 nitrogen and oxygen atoms in total. The van der Waals surface area contributed by atoms with Crippen LogP contribution in [-0.4, -0.2) is 42.4 Å². The number of nitrogens with one attached hydrogen (secondary N) is 1. The molecular formula is C8H16N2O2S. The van der Waals surface area contributed by atoms with E-state index in [0.29, 0.717) is 6.61 Å². The second kappa shape index (κ2) is 5.34.